The van der Waals surface area contributed by atoms with Gasteiger partial charge in [0, 0.05) is 47.0 Å². The predicted octanol–water partition coefficient (Wildman–Crippen LogP) is 19.5. The van der Waals surface area contributed by atoms with E-state index in [2.05, 4.69) is 182 Å². The van der Waals surface area contributed by atoms with Gasteiger partial charge in [-0.3, -0.25) is 0 Å². The maximum atomic E-state index is 10.7. The monoisotopic (exact) mass is 1880 g/mol. The Morgan fingerprint density at radius 1 is 0.311 bits per heavy atom. The van der Waals surface area contributed by atoms with Crippen molar-refractivity contribution in [2.45, 2.75) is 55.4 Å². The number of carbonyl (C=O) groups is 4. The fourth-order valence-corrected chi connectivity index (χ4v) is 5.98. The number of esters is 1. The number of aliphatic hydroxyl groups is 2. The highest BCUT2D eigenvalue weighted by Gasteiger charge is 2.02. The Morgan fingerprint density at radius 3 is 0.856 bits per heavy atom. The van der Waals surface area contributed by atoms with Gasteiger partial charge in [0.1, 0.15) is 142 Å². The smallest absolute Gasteiger partial charge is 0.505 e. The van der Waals surface area contributed by atoms with Crippen molar-refractivity contribution >= 4 is 24.7 Å². The van der Waals surface area contributed by atoms with Crippen molar-refractivity contribution in [3.8, 4) is 28.4 Å². The number of rotatable bonds is 61. The van der Waals surface area contributed by atoms with Crippen molar-refractivity contribution in [3.63, 3.8) is 0 Å². The number of aliphatic hydroxyl groups excluding tert-OH is 2. The molecule has 32 heteroatoms. The van der Waals surface area contributed by atoms with E-state index in [4.69, 9.17) is 81.6 Å². The molecule has 0 unspecified atom stereocenters. The summed E-state index contributed by atoms with van der Waals surface area (Å²) in [6.07, 6.45) is 23.1. The Hall–Kier alpha value is -13.1. The van der Waals surface area contributed by atoms with E-state index in [0.29, 0.717) is 144 Å². The number of aryl methyl sites for hydroxylation is 1. The Bertz CT molecular complexity index is 2970. The summed E-state index contributed by atoms with van der Waals surface area (Å²) in [6.45, 7) is 68.9. The first kappa shape index (κ1) is 150. The van der Waals surface area contributed by atoms with Crippen molar-refractivity contribution in [1.82, 2.24) is 0 Å². The molecule has 0 aliphatic rings. The number of benzene rings is 4. The Balaban J connectivity index is -0.0000000956. The number of ether oxygens (including phenoxy) is 25. The summed E-state index contributed by atoms with van der Waals surface area (Å²) in [5, 5.41) is 24.0. The number of methoxy groups -OCH3 is 6. The second-order valence-electron chi connectivity index (χ2n) is 21.2. The highest BCUT2D eigenvalue weighted by molar-refractivity contribution is 5.86. The van der Waals surface area contributed by atoms with Crippen molar-refractivity contribution in [3.05, 3.63) is 320 Å². The summed E-state index contributed by atoms with van der Waals surface area (Å²) in [7, 11) is 9.65. The van der Waals surface area contributed by atoms with E-state index in [0.717, 1.165) is 42.7 Å². The molecule has 0 heterocycles. The minimum Gasteiger partial charge on any atom is -0.505 e. The molecule has 0 aliphatic carbocycles. The molecule has 3 N–H and O–H groups in total. The highest BCUT2D eigenvalue weighted by Crippen LogP contribution is 2.22. The molecule has 0 bridgehead atoms. The molecule has 0 atom stereocenters. The van der Waals surface area contributed by atoms with Crippen LogP contribution in [0.3, 0.4) is 0 Å². The Labute approximate surface area is 791 Å². The topological polar surface area (TPSA) is 360 Å². The third-order valence-corrected chi connectivity index (χ3v) is 11.6. The van der Waals surface area contributed by atoms with Gasteiger partial charge < -0.3 is 143 Å². The molecular formula is C100H164O32. The second kappa shape index (κ2) is 152. The van der Waals surface area contributed by atoms with E-state index in [1.165, 1.54) is 111 Å². The summed E-state index contributed by atoms with van der Waals surface area (Å²) in [5.74, 6) is 2.20. The van der Waals surface area contributed by atoms with Gasteiger partial charge in [0.05, 0.1) is 161 Å². The van der Waals surface area contributed by atoms with Gasteiger partial charge in [-0.1, -0.05) is 206 Å². The third kappa shape index (κ3) is 167. The molecule has 0 radical (unpaired) electrons. The summed E-state index contributed by atoms with van der Waals surface area (Å²) in [6, 6.07) is 35.9. The number of hydrogen-bond acceptors (Lipinski definition) is 31. The maximum Gasteiger partial charge on any atom is 0.505 e. The van der Waals surface area contributed by atoms with Crippen molar-refractivity contribution < 1.29 is 153 Å². The SMILES string of the molecule is C.C.C.C=COC.C=COC.C=COCCC=O.C=COCCCCOCC=O.C=COCCO.C=COCCO.C=COCCOC.C=COCCOC.C=COCCOC.C=COCCOC.C=COCCOC(=O)C(=C)C.C=COCCOC(=O)O.C=COCCOc1ccc(-c2ccccc2)cc1.C=COCCOc1ccc(C)cc1.C=COCCOc1ccccc1. The van der Waals surface area contributed by atoms with Crippen LogP contribution in [0.2, 0.25) is 0 Å². The first-order valence-corrected chi connectivity index (χ1v) is 39.4. The van der Waals surface area contributed by atoms with Gasteiger partial charge in [0.15, 0.2) is 0 Å². The molecule has 756 valence electrons. The number of carboxylic acid groups (broad SMARTS) is 1. The first-order valence-electron chi connectivity index (χ1n) is 39.4. The van der Waals surface area contributed by atoms with Crippen molar-refractivity contribution in [2.24, 2.45) is 0 Å². The highest BCUT2D eigenvalue weighted by atomic mass is 16.7. The largest absolute Gasteiger partial charge is 0.505 e. The summed E-state index contributed by atoms with van der Waals surface area (Å²) < 4.78 is 119. The second-order valence-corrected chi connectivity index (χ2v) is 21.2. The van der Waals surface area contributed by atoms with Crippen LogP contribution in [0, 0.1) is 6.92 Å². The van der Waals surface area contributed by atoms with Gasteiger partial charge in [0.25, 0.3) is 0 Å². The number of para-hydroxylation sites is 1. The predicted molar refractivity (Wildman–Crippen MR) is 529 cm³/mol. The van der Waals surface area contributed by atoms with E-state index in [9.17, 15) is 19.2 Å². The van der Waals surface area contributed by atoms with E-state index < -0.39 is 12.1 Å². The lowest BCUT2D eigenvalue weighted by atomic mass is 10.1. The maximum absolute atomic E-state index is 10.7. The van der Waals surface area contributed by atoms with Crippen molar-refractivity contribution in [1.29, 1.82) is 0 Å². The number of carbonyl (C=O) groups excluding carboxylic acids is 3. The standard InChI is InChI=1S/C16H16O2.C11H14O2.C10H12O2.C8H12O3.C8H14O3.C5H8O4.4C5H10O2.C5H8O2.2C4H8O2.2C3H6O.3CH4/c1-2-17-12-13-18-16-10-8-15(9-11-16)14-6-4-3-5-7-14;1-3-12-8-9-13-11-6-4-10(2)5-7-11;1-2-11-8-9-12-10-6-4-3-5-7-10;1-4-10-5-6-11-8(9)7(2)3;1-2-10-6-3-4-7-11-8-5-9;1-2-8-3-4-9-5(6)7;4*1-3-7-5-4-6-2;1-2-7-5-3-4-6;2*1-2-6-4-3-5;2*1-3-4-2;;;/h2-11H,1,12-13H2;3-7H,1,8-9H2,2H3;2-7H,1,8-9H2;4H,1-2,5-6H2,3H3;2,5H,1,3-4,6-8H2;2H,1,3-4H2,(H,6,7);4*3H,1,4-5H2,2H3;2,4H,1,3,5H2;2*2,5H,1,3-4H2;2*3H,1H2,2H3;3*1H4. The van der Waals surface area contributed by atoms with Crippen LogP contribution < -0.4 is 14.2 Å². The van der Waals surface area contributed by atoms with Gasteiger partial charge in [-0.25, -0.2) is 9.59 Å². The molecule has 32 nitrogen and oxygen atoms in total. The van der Waals surface area contributed by atoms with E-state index in [1.54, 1.807) is 49.6 Å². The zero-order chi connectivity index (χ0) is 99.1. The van der Waals surface area contributed by atoms with Crippen LogP contribution in [0.5, 0.6) is 17.2 Å². The van der Waals surface area contributed by atoms with E-state index in [-0.39, 0.29) is 61.9 Å². The molecule has 0 aromatic heterocycles. The minimum atomic E-state index is -1.29. The van der Waals surface area contributed by atoms with Gasteiger partial charge in [-0.15, -0.1) is 0 Å². The number of aldehydes is 2. The molecule has 0 saturated carbocycles. The summed E-state index contributed by atoms with van der Waals surface area (Å²) in [5.41, 5.74) is 4.02. The molecule has 0 fully saturated rings. The lowest BCUT2D eigenvalue weighted by Gasteiger charge is -2.07. The molecule has 0 aliphatic heterocycles. The molecule has 4 aromatic carbocycles. The van der Waals surface area contributed by atoms with Crippen LogP contribution in [-0.2, 0) is 119 Å². The normalized spacial score (nSPS) is 8.20. The lowest BCUT2D eigenvalue weighted by molar-refractivity contribution is -0.140. The molecule has 0 saturated heterocycles. The Kier molecular flexibility index (Phi) is 173. The molecule has 132 heavy (non-hydrogen) atoms. The number of unbranched alkanes of at least 4 members (excludes halogenated alkanes) is 1. The fraction of sp³-hybridized carbons (Fsp3) is 0.400. The molecule has 4 rings (SSSR count). The summed E-state index contributed by atoms with van der Waals surface area (Å²) >= 11 is 0. The van der Waals surface area contributed by atoms with Crippen LogP contribution in [-0.4, -0.2) is 254 Å². The van der Waals surface area contributed by atoms with Crippen LogP contribution in [0.15, 0.2) is 314 Å². The molecule has 4 aromatic rings. The molecule has 0 amide bonds. The van der Waals surface area contributed by atoms with Gasteiger partial charge in [-0.05, 0) is 74.2 Å². The van der Waals surface area contributed by atoms with E-state index >= 15 is 0 Å². The van der Waals surface area contributed by atoms with Gasteiger partial charge in [-0.2, -0.15) is 0 Å². The van der Waals surface area contributed by atoms with Crippen LogP contribution in [0.25, 0.3) is 11.1 Å². The number of hydrogen-bond donors (Lipinski definition) is 3. The van der Waals surface area contributed by atoms with Crippen molar-refractivity contribution in [2.75, 3.05) is 214 Å². The van der Waals surface area contributed by atoms with Gasteiger partial charge in [0.2, 0.25) is 0 Å². The fourth-order valence-electron chi connectivity index (χ4n) is 5.98. The van der Waals surface area contributed by atoms with Crippen LogP contribution >= 0.6 is 0 Å². The average Bonchev–Trinajstić information content (AvgIpc) is 0.865. The zero-order valence-corrected chi connectivity index (χ0v) is 77.7. The quantitative estimate of drug-likeness (QED) is 0.0121. The first-order chi connectivity index (χ1) is 62.7. The third-order valence-electron chi connectivity index (χ3n) is 11.6. The molecular weight excluding hydrogens is 1710 g/mol. The van der Waals surface area contributed by atoms with Crippen LogP contribution in [0.1, 0.15) is 54.0 Å². The van der Waals surface area contributed by atoms with E-state index in [1.807, 2.05) is 91.9 Å². The minimum absolute atomic E-state index is 0. The molecule has 0 spiro atoms. The Morgan fingerprint density at radius 2 is 0.576 bits per heavy atom. The average molecular weight is 1880 g/mol. The van der Waals surface area contributed by atoms with Crippen LogP contribution in [0.4, 0.5) is 4.79 Å². The zero-order valence-electron chi connectivity index (χ0n) is 77.7. The summed E-state index contributed by atoms with van der Waals surface area (Å²) in [4.78, 5) is 39.7. The lowest BCUT2D eigenvalue weighted by Crippen LogP contribution is -2.09. The van der Waals surface area contributed by atoms with Gasteiger partial charge >= 0.3 is 12.1 Å².